The number of thioether (sulfide) groups is 1. The van der Waals surface area contributed by atoms with Crippen molar-refractivity contribution < 1.29 is 14.0 Å². The van der Waals surface area contributed by atoms with Crippen molar-refractivity contribution in [2.45, 2.75) is 57.7 Å². The Kier molecular flexibility index (Phi) is 6.72. The van der Waals surface area contributed by atoms with Crippen LogP contribution in [0.15, 0.2) is 27.8 Å². The van der Waals surface area contributed by atoms with Crippen molar-refractivity contribution in [3.05, 3.63) is 29.3 Å². The van der Waals surface area contributed by atoms with Crippen LogP contribution in [0, 0.1) is 19.8 Å². The van der Waals surface area contributed by atoms with E-state index in [1.54, 1.807) is 0 Å². The Hall–Kier alpha value is -2.35. The highest BCUT2D eigenvalue weighted by Gasteiger charge is 2.23. The van der Waals surface area contributed by atoms with Crippen LogP contribution >= 0.6 is 11.8 Å². The van der Waals surface area contributed by atoms with Crippen LogP contribution in [-0.4, -0.2) is 33.9 Å². The maximum atomic E-state index is 12.0. The van der Waals surface area contributed by atoms with Crippen LogP contribution in [0.25, 0.3) is 11.5 Å². The third-order valence-electron chi connectivity index (χ3n) is 4.88. The number of hydrogen-bond donors (Lipinski definition) is 2. The molecule has 1 fully saturated rings. The molecule has 1 saturated carbocycles. The third kappa shape index (κ3) is 5.58. The molecule has 0 aliphatic heterocycles. The minimum atomic E-state index is -0.439. The normalized spacial score (nSPS) is 19.2. The molecule has 0 spiro atoms. The third-order valence-corrected chi connectivity index (χ3v) is 5.70. The lowest BCUT2D eigenvalue weighted by Crippen LogP contribution is -2.48. The minimum absolute atomic E-state index is 0.0299. The summed E-state index contributed by atoms with van der Waals surface area (Å²) < 4.78 is 5.63. The number of amides is 3. The van der Waals surface area contributed by atoms with E-state index in [1.165, 1.54) is 6.42 Å². The Morgan fingerprint density at radius 3 is 2.57 bits per heavy atom. The Morgan fingerprint density at radius 2 is 1.86 bits per heavy atom. The number of benzene rings is 1. The van der Waals surface area contributed by atoms with Gasteiger partial charge in [-0.3, -0.25) is 10.1 Å². The summed E-state index contributed by atoms with van der Waals surface area (Å²) >= 11 is 1.11. The first-order valence-corrected chi connectivity index (χ1v) is 10.5. The molecule has 0 saturated heterocycles. The topological polar surface area (TPSA) is 97.1 Å². The molecule has 7 nitrogen and oxygen atoms in total. The van der Waals surface area contributed by atoms with Crippen LogP contribution in [0.4, 0.5) is 4.79 Å². The molecule has 1 heterocycles. The summed E-state index contributed by atoms with van der Waals surface area (Å²) in [5, 5.41) is 13.6. The van der Waals surface area contributed by atoms with Crippen LogP contribution in [0.5, 0.6) is 0 Å². The summed E-state index contributed by atoms with van der Waals surface area (Å²) in [6.45, 7) is 6.14. The van der Waals surface area contributed by atoms with Crippen LogP contribution in [0.3, 0.4) is 0 Å². The highest BCUT2D eigenvalue weighted by atomic mass is 32.2. The van der Waals surface area contributed by atoms with Gasteiger partial charge in [-0.25, -0.2) is 4.79 Å². The van der Waals surface area contributed by atoms with Crippen LogP contribution < -0.4 is 10.6 Å². The molecular weight excluding hydrogens is 376 g/mol. The van der Waals surface area contributed by atoms with Crippen LogP contribution in [0.2, 0.25) is 0 Å². The summed E-state index contributed by atoms with van der Waals surface area (Å²) in [6.07, 6.45) is 4.37. The first kappa shape index (κ1) is 20.4. The number of imide groups is 1. The average molecular weight is 403 g/mol. The number of hydrogen-bond acceptors (Lipinski definition) is 6. The molecule has 1 aliphatic rings. The van der Waals surface area contributed by atoms with Gasteiger partial charge in [0.25, 0.3) is 5.22 Å². The van der Waals surface area contributed by atoms with Crippen molar-refractivity contribution in [1.82, 2.24) is 20.8 Å². The van der Waals surface area contributed by atoms with Gasteiger partial charge in [0.1, 0.15) is 0 Å². The standard InChI is InChI=1S/C20H26N4O3S/c1-12-8-13(2)10-15(9-12)18-23-24-20(27-18)28-11-17(25)22-19(26)21-16-7-5-4-6-14(16)3/h8-10,14,16H,4-7,11H2,1-3H3,(H2,21,22,25,26)/t14-,16-/m0/s1. The van der Waals surface area contributed by atoms with Crippen molar-refractivity contribution in [2.24, 2.45) is 5.92 Å². The summed E-state index contributed by atoms with van der Waals surface area (Å²) in [5.74, 6) is 0.490. The number of aryl methyl sites for hydroxylation is 2. The van der Waals surface area contributed by atoms with E-state index in [4.69, 9.17) is 4.42 Å². The lowest BCUT2D eigenvalue weighted by molar-refractivity contribution is -0.117. The highest BCUT2D eigenvalue weighted by Crippen LogP contribution is 2.25. The zero-order valence-electron chi connectivity index (χ0n) is 16.4. The molecule has 3 rings (SSSR count). The summed E-state index contributed by atoms with van der Waals surface area (Å²) in [7, 11) is 0. The zero-order valence-corrected chi connectivity index (χ0v) is 17.3. The lowest BCUT2D eigenvalue weighted by Gasteiger charge is -2.29. The molecular formula is C20H26N4O3S. The van der Waals surface area contributed by atoms with Gasteiger partial charge in [0.15, 0.2) is 0 Å². The Labute approximate surface area is 169 Å². The predicted octanol–water partition coefficient (Wildman–Crippen LogP) is 3.85. The van der Waals surface area contributed by atoms with E-state index in [0.29, 0.717) is 17.0 Å². The van der Waals surface area contributed by atoms with Crippen LogP contribution in [-0.2, 0) is 4.79 Å². The zero-order chi connectivity index (χ0) is 20.1. The van der Waals surface area contributed by atoms with E-state index in [0.717, 1.165) is 47.7 Å². The molecule has 1 aromatic heterocycles. The number of urea groups is 1. The second-order valence-electron chi connectivity index (χ2n) is 7.43. The monoisotopic (exact) mass is 402 g/mol. The average Bonchev–Trinajstić information content (AvgIpc) is 3.10. The largest absolute Gasteiger partial charge is 0.411 e. The maximum absolute atomic E-state index is 12.0. The predicted molar refractivity (Wildman–Crippen MR) is 108 cm³/mol. The molecule has 3 amide bonds. The molecule has 0 unspecified atom stereocenters. The second-order valence-corrected chi connectivity index (χ2v) is 8.35. The fourth-order valence-electron chi connectivity index (χ4n) is 3.51. The molecule has 8 heteroatoms. The van der Waals surface area contributed by atoms with Gasteiger partial charge >= 0.3 is 6.03 Å². The molecule has 0 bridgehead atoms. The molecule has 0 radical (unpaired) electrons. The fraction of sp³-hybridized carbons (Fsp3) is 0.500. The van der Waals surface area contributed by atoms with Crippen molar-refractivity contribution in [1.29, 1.82) is 0 Å². The van der Waals surface area contributed by atoms with Crippen LogP contribution in [0.1, 0.15) is 43.7 Å². The minimum Gasteiger partial charge on any atom is -0.411 e. The first-order valence-electron chi connectivity index (χ1n) is 9.56. The van der Waals surface area contributed by atoms with Crippen molar-refractivity contribution in [3.63, 3.8) is 0 Å². The quantitative estimate of drug-likeness (QED) is 0.737. The number of carbonyl (C=O) groups excluding carboxylic acids is 2. The Morgan fingerprint density at radius 1 is 1.14 bits per heavy atom. The van der Waals surface area contributed by atoms with E-state index in [1.807, 2.05) is 26.0 Å². The van der Waals surface area contributed by atoms with E-state index in [-0.39, 0.29) is 11.8 Å². The van der Waals surface area contributed by atoms with Gasteiger partial charge < -0.3 is 9.73 Å². The van der Waals surface area contributed by atoms with Gasteiger partial charge in [0.05, 0.1) is 5.75 Å². The van der Waals surface area contributed by atoms with Gasteiger partial charge in [0.2, 0.25) is 11.8 Å². The fourth-order valence-corrected chi connectivity index (χ4v) is 4.07. The van der Waals surface area contributed by atoms with Gasteiger partial charge in [-0.15, -0.1) is 10.2 Å². The number of aromatic nitrogens is 2. The van der Waals surface area contributed by atoms with Gasteiger partial charge in [-0.1, -0.05) is 48.7 Å². The number of nitrogens with zero attached hydrogens (tertiary/aromatic N) is 2. The van der Waals surface area contributed by atoms with Gasteiger partial charge in [-0.05, 0) is 44.7 Å². The molecule has 2 atom stereocenters. The lowest BCUT2D eigenvalue weighted by atomic mass is 9.86. The Bertz CT molecular complexity index is 831. The van der Waals surface area contributed by atoms with Gasteiger partial charge in [-0.2, -0.15) is 0 Å². The smallest absolute Gasteiger partial charge is 0.321 e. The molecule has 2 N–H and O–H groups in total. The van der Waals surface area contributed by atoms with Crippen molar-refractivity contribution in [2.75, 3.05) is 5.75 Å². The molecule has 1 aromatic carbocycles. The number of rotatable bonds is 5. The number of nitrogens with one attached hydrogen (secondary N) is 2. The van der Waals surface area contributed by atoms with E-state index in [2.05, 4.69) is 33.8 Å². The maximum Gasteiger partial charge on any atom is 0.321 e. The van der Waals surface area contributed by atoms with E-state index < -0.39 is 11.9 Å². The van der Waals surface area contributed by atoms with E-state index >= 15 is 0 Å². The molecule has 150 valence electrons. The summed E-state index contributed by atoms with van der Waals surface area (Å²) in [4.78, 5) is 24.1. The molecule has 1 aliphatic carbocycles. The highest BCUT2D eigenvalue weighted by molar-refractivity contribution is 7.99. The molecule has 28 heavy (non-hydrogen) atoms. The summed E-state index contributed by atoms with van der Waals surface area (Å²) in [6, 6.07) is 5.70. The SMILES string of the molecule is Cc1cc(C)cc(-c2nnc(SCC(=O)NC(=O)N[C@H]3CCCC[C@@H]3C)o2)c1. The van der Waals surface area contributed by atoms with E-state index in [9.17, 15) is 9.59 Å². The van der Waals surface area contributed by atoms with Crippen molar-refractivity contribution >= 4 is 23.7 Å². The first-order chi connectivity index (χ1) is 13.4. The molecule has 2 aromatic rings. The summed E-state index contributed by atoms with van der Waals surface area (Å²) in [5.41, 5.74) is 3.07. The van der Waals surface area contributed by atoms with Crippen molar-refractivity contribution in [3.8, 4) is 11.5 Å². The Balaban J connectivity index is 1.48. The number of carbonyl (C=O) groups is 2. The second kappa shape index (κ2) is 9.23. The van der Waals surface area contributed by atoms with Gasteiger partial charge in [0, 0.05) is 11.6 Å².